The fourth-order valence-electron chi connectivity index (χ4n) is 3.46. The predicted octanol–water partition coefficient (Wildman–Crippen LogP) is 3.21. The van der Waals surface area contributed by atoms with Gasteiger partial charge in [-0.1, -0.05) is 12.1 Å². The maximum Gasteiger partial charge on any atom is 0.263 e. The number of halogens is 1. The summed E-state index contributed by atoms with van der Waals surface area (Å²) >= 11 is 0. The molecule has 8 heteroatoms. The predicted molar refractivity (Wildman–Crippen MR) is 112 cm³/mol. The number of rotatable bonds is 8. The summed E-state index contributed by atoms with van der Waals surface area (Å²) in [4.78, 5) is 14.8. The lowest BCUT2D eigenvalue weighted by atomic mass is 10.1. The van der Waals surface area contributed by atoms with Gasteiger partial charge < -0.3 is 14.4 Å². The van der Waals surface area contributed by atoms with Crippen LogP contribution in [0.3, 0.4) is 0 Å². The van der Waals surface area contributed by atoms with E-state index in [0.29, 0.717) is 18.8 Å². The molecule has 2 aromatic carbocycles. The van der Waals surface area contributed by atoms with Crippen LogP contribution >= 0.6 is 0 Å². The van der Waals surface area contributed by atoms with Gasteiger partial charge in [0.05, 0.1) is 18.1 Å². The molecule has 0 radical (unpaired) electrons. The topological polar surface area (TPSA) is 72.9 Å². The summed E-state index contributed by atoms with van der Waals surface area (Å²) in [5.41, 5.74) is 0.866. The lowest BCUT2D eigenvalue weighted by molar-refractivity contribution is -0.140. The van der Waals surface area contributed by atoms with E-state index in [1.807, 2.05) is 31.2 Å². The van der Waals surface area contributed by atoms with Crippen LogP contribution in [0.25, 0.3) is 0 Å². The summed E-state index contributed by atoms with van der Waals surface area (Å²) in [6, 6.07) is 12.4. The van der Waals surface area contributed by atoms with Crippen LogP contribution in [0, 0.1) is 5.82 Å². The zero-order chi connectivity index (χ0) is 21.7. The molecule has 2 aromatic rings. The molecule has 1 amide bonds. The van der Waals surface area contributed by atoms with Crippen LogP contribution in [0.5, 0.6) is 11.5 Å². The zero-order valence-electron chi connectivity index (χ0n) is 17.1. The van der Waals surface area contributed by atoms with Crippen molar-refractivity contribution in [2.45, 2.75) is 39.0 Å². The molecule has 0 N–H and O–H groups in total. The third-order valence-electron chi connectivity index (χ3n) is 4.99. The summed E-state index contributed by atoms with van der Waals surface area (Å²) < 4.78 is 48.3. The van der Waals surface area contributed by atoms with E-state index in [9.17, 15) is 17.6 Å². The maximum absolute atomic E-state index is 13.2. The van der Waals surface area contributed by atoms with E-state index in [1.54, 1.807) is 11.8 Å². The molecule has 1 fully saturated rings. The van der Waals surface area contributed by atoms with Crippen LogP contribution < -0.4 is 9.47 Å². The Morgan fingerprint density at radius 2 is 1.77 bits per heavy atom. The molecule has 1 aliphatic rings. The number of nitrogens with zero attached hydrogens (tertiary/aromatic N) is 1. The largest absolute Gasteiger partial charge is 0.494 e. The number of hydrogen-bond acceptors (Lipinski definition) is 5. The van der Waals surface area contributed by atoms with E-state index in [0.717, 1.165) is 11.3 Å². The first-order valence-electron chi connectivity index (χ1n) is 9.92. The van der Waals surface area contributed by atoms with E-state index in [2.05, 4.69) is 0 Å². The van der Waals surface area contributed by atoms with Gasteiger partial charge in [0.2, 0.25) is 0 Å². The van der Waals surface area contributed by atoms with Crippen LogP contribution in [0.2, 0.25) is 0 Å². The van der Waals surface area contributed by atoms with E-state index < -0.39 is 27.8 Å². The van der Waals surface area contributed by atoms with Crippen molar-refractivity contribution in [3.05, 3.63) is 59.9 Å². The van der Waals surface area contributed by atoms with Crippen LogP contribution in [0.1, 0.15) is 25.8 Å². The first-order chi connectivity index (χ1) is 14.3. The molecular weight excluding hydrogens is 409 g/mol. The molecule has 1 heterocycles. The van der Waals surface area contributed by atoms with E-state index >= 15 is 0 Å². The molecule has 2 atom stereocenters. The summed E-state index contributed by atoms with van der Waals surface area (Å²) in [6.07, 6.45) is -0.449. The maximum atomic E-state index is 13.2. The van der Waals surface area contributed by atoms with Crippen LogP contribution in [-0.2, 0) is 21.2 Å². The molecule has 0 aromatic heterocycles. The Hall–Kier alpha value is -2.61. The molecule has 3 rings (SSSR count). The van der Waals surface area contributed by atoms with Gasteiger partial charge in [0.15, 0.2) is 15.9 Å². The third-order valence-corrected chi connectivity index (χ3v) is 6.74. The number of carbonyl (C=O) groups is 1. The Kier molecular flexibility index (Phi) is 6.97. The average Bonchev–Trinajstić information content (AvgIpc) is 3.08. The number of amides is 1. The Labute approximate surface area is 176 Å². The molecule has 30 heavy (non-hydrogen) atoms. The smallest absolute Gasteiger partial charge is 0.263 e. The number of ether oxygens (including phenoxy) is 2. The molecule has 162 valence electrons. The van der Waals surface area contributed by atoms with Gasteiger partial charge in [0, 0.05) is 12.6 Å². The second kappa shape index (κ2) is 9.47. The van der Waals surface area contributed by atoms with Crippen molar-refractivity contribution in [1.29, 1.82) is 0 Å². The van der Waals surface area contributed by atoms with Crippen molar-refractivity contribution < 1.29 is 27.1 Å². The highest BCUT2D eigenvalue weighted by molar-refractivity contribution is 7.91. The zero-order valence-corrected chi connectivity index (χ0v) is 17.9. The highest BCUT2D eigenvalue weighted by Gasteiger charge is 2.36. The first-order valence-corrected chi connectivity index (χ1v) is 11.7. The SMILES string of the molecule is CCOc1ccc(CN(C(=O)C(C)Oc2ccc(F)cc2)C2CCS(=O)(=O)C2)cc1. The first kappa shape index (κ1) is 22.1. The third kappa shape index (κ3) is 5.72. The fraction of sp³-hybridized carbons (Fsp3) is 0.409. The second-order valence-corrected chi connectivity index (χ2v) is 9.54. The number of sulfone groups is 1. The van der Waals surface area contributed by atoms with Gasteiger partial charge in [0.1, 0.15) is 17.3 Å². The van der Waals surface area contributed by atoms with Crippen molar-refractivity contribution in [2.75, 3.05) is 18.1 Å². The van der Waals surface area contributed by atoms with Crippen molar-refractivity contribution in [3.8, 4) is 11.5 Å². The van der Waals surface area contributed by atoms with Crippen molar-refractivity contribution >= 4 is 15.7 Å². The minimum absolute atomic E-state index is 0.0565. The van der Waals surface area contributed by atoms with Gasteiger partial charge in [-0.3, -0.25) is 4.79 Å². The van der Waals surface area contributed by atoms with Gasteiger partial charge in [-0.2, -0.15) is 0 Å². The van der Waals surface area contributed by atoms with Crippen molar-refractivity contribution in [2.24, 2.45) is 0 Å². The summed E-state index contributed by atoms with van der Waals surface area (Å²) in [5.74, 6) is 0.412. The molecule has 6 nitrogen and oxygen atoms in total. The fourth-order valence-corrected chi connectivity index (χ4v) is 5.19. The molecule has 0 spiro atoms. The monoisotopic (exact) mass is 435 g/mol. The van der Waals surface area contributed by atoms with Crippen LogP contribution in [0.15, 0.2) is 48.5 Å². The number of hydrogen-bond donors (Lipinski definition) is 0. The van der Waals surface area contributed by atoms with Gasteiger partial charge in [-0.05, 0) is 62.2 Å². The van der Waals surface area contributed by atoms with Crippen LogP contribution in [-0.4, -0.2) is 49.5 Å². The molecule has 2 unspecified atom stereocenters. The van der Waals surface area contributed by atoms with E-state index in [4.69, 9.17) is 9.47 Å². The van der Waals surface area contributed by atoms with Gasteiger partial charge in [0.25, 0.3) is 5.91 Å². The lowest BCUT2D eigenvalue weighted by Gasteiger charge is -2.31. The molecule has 0 bridgehead atoms. The normalized spacial score (nSPS) is 18.6. The minimum Gasteiger partial charge on any atom is -0.494 e. The summed E-state index contributed by atoms with van der Waals surface area (Å²) in [6.45, 7) is 4.34. The molecule has 0 saturated carbocycles. The molecule has 0 aliphatic carbocycles. The van der Waals surface area contributed by atoms with Crippen molar-refractivity contribution in [3.63, 3.8) is 0 Å². The standard InChI is InChI=1S/C22H26FNO5S/c1-3-28-20-8-4-17(5-9-20)14-24(19-12-13-30(26,27)15-19)22(25)16(2)29-21-10-6-18(23)7-11-21/h4-11,16,19H,3,12-15H2,1-2H3. The highest BCUT2D eigenvalue weighted by atomic mass is 32.2. The Bertz CT molecular complexity index is 960. The Balaban J connectivity index is 1.77. The van der Waals surface area contributed by atoms with E-state index in [1.165, 1.54) is 24.3 Å². The van der Waals surface area contributed by atoms with Gasteiger partial charge in [-0.15, -0.1) is 0 Å². The molecule has 1 aliphatic heterocycles. The summed E-state index contributed by atoms with van der Waals surface area (Å²) in [5, 5.41) is 0. The van der Waals surface area contributed by atoms with Gasteiger partial charge in [-0.25, -0.2) is 12.8 Å². The Morgan fingerprint density at radius 3 is 2.33 bits per heavy atom. The number of carbonyl (C=O) groups excluding carboxylic acids is 1. The highest BCUT2D eigenvalue weighted by Crippen LogP contribution is 2.23. The lowest BCUT2D eigenvalue weighted by Crippen LogP contribution is -2.46. The van der Waals surface area contributed by atoms with Crippen LogP contribution in [0.4, 0.5) is 4.39 Å². The summed E-state index contributed by atoms with van der Waals surface area (Å²) in [7, 11) is -3.17. The Morgan fingerprint density at radius 1 is 1.13 bits per heavy atom. The number of benzene rings is 2. The van der Waals surface area contributed by atoms with Crippen molar-refractivity contribution in [1.82, 2.24) is 4.90 Å². The average molecular weight is 436 g/mol. The quantitative estimate of drug-likeness (QED) is 0.637. The van der Waals surface area contributed by atoms with Gasteiger partial charge >= 0.3 is 0 Å². The second-order valence-electron chi connectivity index (χ2n) is 7.31. The molecule has 1 saturated heterocycles. The molecular formula is C22H26FNO5S. The minimum atomic E-state index is -3.17. The van der Waals surface area contributed by atoms with E-state index in [-0.39, 0.29) is 24.0 Å².